The molecule has 0 radical (unpaired) electrons. The molecule has 5 nitrogen and oxygen atoms in total. The zero-order chi connectivity index (χ0) is 13.9. The van der Waals surface area contributed by atoms with Gasteiger partial charge in [0.05, 0.1) is 4.90 Å². The minimum absolute atomic E-state index is 0.0500. The second-order valence-electron chi connectivity index (χ2n) is 4.41. The van der Waals surface area contributed by atoms with Crippen molar-refractivity contribution < 1.29 is 17.6 Å². The van der Waals surface area contributed by atoms with Gasteiger partial charge in [-0.25, -0.2) is 12.8 Å². The third kappa shape index (κ3) is 3.51. The first kappa shape index (κ1) is 14.0. The van der Waals surface area contributed by atoms with Crippen LogP contribution in [0.25, 0.3) is 0 Å². The van der Waals surface area contributed by atoms with E-state index in [-0.39, 0.29) is 10.8 Å². The second-order valence-corrected chi connectivity index (χ2v) is 6.13. The Labute approximate surface area is 111 Å². The molecular weight excluding hydrogens is 271 g/mol. The van der Waals surface area contributed by atoms with Gasteiger partial charge in [0.2, 0.25) is 15.9 Å². The molecular formula is C12H15FN2O3S. The van der Waals surface area contributed by atoms with E-state index in [1.807, 2.05) is 0 Å². The lowest BCUT2D eigenvalue weighted by Crippen LogP contribution is -2.45. The van der Waals surface area contributed by atoms with Crippen LogP contribution in [0.5, 0.6) is 0 Å². The van der Waals surface area contributed by atoms with Crippen molar-refractivity contribution >= 4 is 15.9 Å². The highest BCUT2D eigenvalue weighted by atomic mass is 32.2. The van der Waals surface area contributed by atoms with E-state index < -0.39 is 21.9 Å². The topological polar surface area (TPSA) is 75.3 Å². The molecule has 1 amide bonds. The SMILES string of the molecule is O=C1NCCCC[C@H]1NS(=O)(=O)c1ccc(F)cc1. The molecule has 0 saturated carbocycles. The molecule has 1 fully saturated rings. The Hall–Kier alpha value is -1.47. The van der Waals surface area contributed by atoms with Crippen LogP contribution in [-0.4, -0.2) is 26.9 Å². The fourth-order valence-corrected chi connectivity index (χ4v) is 3.15. The minimum atomic E-state index is -3.80. The van der Waals surface area contributed by atoms with E-state index in [1.54, 1.807) is 0 Å². The Balaban J connectivity index is 2.16. The van der Waals surface area contributed by atoms with E-state index in [0.29, 0.717) is 13.0 Å². The first-order valence-electron chi connectivity index (χ1n) is 6.05. The van der Waals surface area contributed by atoms with Crippen molar-refractivity contribution in [1.82, 2.24) is 10.0 Å². The largest absolute Gasteiger partial charge is 0.355 e. The predicted molar refractivity (Wildman–Crippen MR) is 67.4 cm³/mol. The number of carbonyl (C=O) groups excluding carboxylic acids is 1. The summed E-state index contributed by atoms with van der Waals surface area (Å²) in [6.45, 7) is 0.563. The van der Waals surface area contributed by atoms with Crippen LogP contribution in [0.2, 0.25) is 0 Å². The average molecular weight is 286 g/mol. The van der Waals surface area contributed by atoms with Crippen molar-refractivity contribution in [2.75, 3.05) is 6.54 Å². The molecule has 7 heteroatoms. The Morgan fingerprint density at radius 1 is 1.21 bits per heavy atom. The van der Waals surface area contributed by atoms with E-state index >= 15 is 0 Å². The highest BCUT2D eigenvalue weighted by molar-refractivity contribution is 7.89. The van der Waals surface area contributed by atoms with Crippen molar-refractivity contribution in [1.29, 1.82) is 0 Å². The van der Waals surface area contributed by atoms with Crippen molar-refractivity contribution in [3.8, 4) is 0 Å². The lowest BCUT2D eigenvalue weighted by Gasteiger charge is -2.15. The summed E-state index contributed by atoms with van der Waals surface area (Å²) in [5.41, 5.74) is 0. The number of hydrogen-bond donors (Lipinski definition) is 2. The summed E-state index contributed by atoms with van der Waals surface area (Å²) in [4.78, 5) is 11.6. The van der Waals surface area contributed by atoms with Crippen molar-refractivity contribution in [2.24, 2.45) is 0 Å². The molecule has 2 N–H and O–H groups in total. The zero-order valence-electron chi connectivity index (χ0n) is 10.2. The Morgan fingerprint density at radius 2 is 1.89 bits per heavy atom. The third-order valence-electron chi connectivity index (χ3n) is 2.96. The quantitative estimate of drug-likeness (QED) is 0.862. The fourth-order valence-electron chi connectivity index (χ4n) is 1.92. The normalized spacial score (nSPS) is 20.7. The number of sulfonamides is 1. The molecule has 0 bridgehead atoms. The molecule has 1 saturated heterocycles. The van der Waals surface area contributed by atoms with E-state index in [1.165, 1.54) is 12.1 Å². The van der Waals surface area contributed by atoms with Crippen LogP contribution in [0, 0.1) is 5.82 Å². The van der Waals surface area contributed by atoms with Gasteiger partial charge in [-0.3, -0.25) is 4.79 Å². The highest BCUT2D eigenvalue weighted by Gasteiger charge is 2.26. The van der Waals surface area contributed by atoms with Crippen LogP contribution in [-0.2, 0) is 14.8 Å². The Kier molecular flexibility index (Phi) is 4.16. The third-order valence-corrected chi connectivity index (χ3v) is 4.44. The number of rotatable bonds is 3. The van der Waals surface area contributed by atoms with Gasteiger partial charge < -0.3 is 5.32 Å². The molecule has 1 aliphatic rings. The van der Waals surface area contributed by atoms with Crippen LogP contribution >= 0.6 is 0 Å². The maximum Gasteiger partial charge on any atom is 0.241 e. The summed E-state index contributed by atoms with van der Waals surface area (Å²) < 4.78 is 39.2. The van der Waals surface area contributed by atoms with E-state index in [9.17, 15) is 17.6 Å². The zero-order valence-corrected chi connectivity index (χ0v) is 11.0. The van der Waals surface area contributed by atoms with Crippen LogP contribution < -0.4 is 10.0 Å². The first-order chi connectivity index (χ1) is 8.99. The summed E-state index contributed by atoms with van der Waals surface area (Å²) in [6.07, 6.45) is 2.07. The first-order valence-corrected chi connectivity index (χ1v) is 7.53. The summed E-state index contributed by atoms with van der Waals surface area (Å²) in [7, 11) is -3.80. The summed E-state index contributed by atoms with van der Waals surface area (Å²) in [5, 5.41) is 2.65. The van der Waals surface area contributed by atoms with Gasteiger partial charge in [-0.2, -0.15) is 4.72 Å². The molecule has 1 aromatic rings. The standard InChI is InChI=1S/C12H15FN2O3S/c13-9-4-6-10(7-5-9)19(17,18)15-11-3-1-2-8-14-12(11)16/h4-7,11,15H,1-3,8H2,(H,14,16)/t11-/m1/s1. The Bertz CT molecular complexity index is 557. The molecule has 1 aliphatic heterocycles. The van der Waals surface area contributed by atoms with Crippen LogP contribution in [0.1, 0.15) is 19.3 Å². The lowest BCUT2D eigenvalue weighted by atomic mass is 10.1. The number of nitrogens with one attached hydrogen (secondary N) is 2. The van der Waals surface area contributed by atoms with Gasteiger partial charge >= 0.3 is 0 Å². The number of amides is 1. The number of benzene rings is 1. The van der Waals surface area contributed by atoms with Crippen molar-refractivity contribution in [3.05, 3.63) is 30.1 Å². The molecule has 0 aliphatic carbocycles. The highest BCUT2D eigenvalue weighted by Crippen LogP contribution is 2.13. The van der Waals surface area contributed by atoms with Gasteiger partial charge in [0.25, 0.3) is 0 Å². The summed E-state index contributed by atoms with van der Waals surface area (Å²) in [6, 6.07) is 3.72. The van der Waals surface area contributed by atoms with Crippen LogP contribution in [0.4, 0.5) is 4.39 Å². The number of hydrogen-bond acceptors (Lipinski definition) is 3. The molecule has 2 rings (SSSR count). The maximum absolute atomic E-state index is 12.8. The molecule has 1 aromatic carbocycles. The fraction of sp³-hybridized carbons (Fsp3) is 0.417. The van der Waals surface area contributed by atoms with E-state index in [2.05, 4.69) is 10.0 Å². The van der Waals surface area contributed by atoms with Crippen molar-refractivity contribution in [3.63, 3.8) is 0 Å². The smallest absolute Gasteiger partial charge is 0.241 e. The summed E-state index contributed by atoms with van der Waals surface area (Å²) in [5.74, 6) is -0.825. The van der Waals surface area contributed by atoms with Gasteiger partial charge in [-0.05, 0) is 43.5 Å². The summed E-state index contributed by atoms with van der Waals surface area (Å²) >= 11 is 0. The minimum Gasteiger partial charge on any atom is -0.355 e. The Morgan fingerprint density at radius 3 is 2.58 bits per heavy atom. The second kappa shape index (κ2) is 5.66. The van der Waals surface area contributed by atoms with Crippen LogP contribution in [0.15, 0.2) is 29.2 Å². The van der Waals surface area contributed by atoms with Gasteiger partial charge in [0.1, 0.15) is 11.9 Å². The molecule has 0 spiro atoms. The van der Waals surface area contributed by atoms with Gasteiger partial charge in [-0.15, -0.1) is 0 Å². The monoisotopic (exact) mass is 286 g/mol. The number of halogens is 1. The molecule has 1 atom stereocenters. The van der Waals surface area contributed by atoms with E-state index in [4.69, 9.17) is 0 Å². The number of carbonyl (C=O) groups is 1. The maximum atomic E-state index is 12.8. The lowest BCUT2D eigenvalue weighted by molar-refractivity contribution is -0.122. The molecule has 104 valence electrons. The van der Waals surface area contributed by atoms with Gasteiger partial charge in [0.15, 0.2) is 0 Å². The van der Waals surface area contributed by atoms with Crippen LogP contribution in [0.3, 0.4) is 0 Å². The van der Waals surface area contributed by atoms with Gasteiger partial charge in [-0.1, -0.05) is 0 Å². The van der Waals surface area contributed by atoms with Gasteiger partial charge in [0, 0.05) is 6.54 Å². The molecule has 0 unspecified atom stereocenters. The van der Waals surface area contributed by atoms with E-state index in [0.717, 1.165) is 25.0 Å². The predicted octanol–water partition coefficient (Wildman–Crippen LogP) is 0.773. The molecule has 19 heavy (non-hydrogen) atoms. The average Bonchev–Trinajstić information content (AvgIpc) is 2.55. The molecule has 0 aromatic heterocycles. The molecule has 1 heterocycles. The van der Waals surface area contributed by atoms with Crippen molar-refractivity contribution in [2.45, 2.75) is 30.2 Å².